The van der Waals surface area contributed by atoms with Gasteiger partial charge in [-0.05, 0) is 24.7 Å². The molecule has 0 saturated heterocycles. The second-order valence-corrected chi connectivity index (χ2v) is 9.29. The Morgan fingerprint density at radius 1 is 1.15 bits per heavy atom. The van der Waals surface area contributed by atoms with Gasteiger partial charge in [0.25, 0.3) is 0 Å². The SMILES string of the molecule is CCN(C1(CN)CCCCC1)S(=O)(=O)CCC(C)(C)C. The van der Waals surface area contributed by atoms with Crippen molar-refractivity contribution in [2.24, 2.45) is 11.1 Å². The predicted octanol–water partition coefficient (Wildman–Crippen LogP) is 2.74. The first-order valence-corrected chi connectivity index (χ1v) is 9.48. The van der Waals surface area contributed by atoms with E-state index < -0.39 is 10.0 Å². The van der Waals surface area contributed by atoms with E-state index in [1.54, 1.807) is 4.31 Å². The average Bonchev–Trinajstić information content (AvgIpc) is 2.37. The molecule has 0 aliphatic heterocycles. The van der Waals surface area contributed by atoms with Crippen LogP contribution in [0.1, 0.15) is 66.2 Å². The van der Waals surface area contributed by atoms with Crippen molar-refractivity contribution in [2.45, 2.75) is 71.8 Å². The van der Waals surface area contributed by atoms with Crippen LogP contribution >= 0.6 is 0 Å². The van der Waals surface area contributed by atoms with Crippen LogP contribution in [-0.4, -0.2) is 37.1 Å². The fraction of sp³-hybridized carbons (Fsp3) is 1.00. The molecular weight excluding hydrogens is 272 g/mol. The van der Waals surface area contributed by atoms with Crippen molar-refractivity contribution in [3.63, 3.8) is 0 Å². The summed E-state index contributed by atoms with van der Waals surface area (Å²) in [4.78, 5) is 0. The summed E-state index contributed by atoms with van der Waals surface area (Å²) in [5.74, 6) is 0.228. The van der Waals surface area contributed by atoms with Gasteiger partial charge < -0.3 is 5.73 Å². The first-order valence-electron chi connectivity index (χ1n) is 7.87. The van der Waals surface area contributed by atoms with Gasteiger partial charge in [-0.3, -0.25) is 0 Å². The fourth-order valence-corrected chi connectivity index (χ4v) is 5.47. The second kappa shape index (κ2) is 6.75. The molecule has 1 aliphatic rings. The highest BCUT2D eigenvalue weighted by Crippen LogP contribution is 2.35. The lowest BCUT2D eigenvalue weighted by Crippen LogP contribution is -2.57. The lowest BCUT2D eigenvalue weighted by molar-refractivity contribution is 0.140. The van der Waals surface area contributed by atoms with Gasteiger partial charge in [0.1, 0.15) is 0 Å². The Hall–Kier alpha value is -0.130. The minimum atomic E-state index is -3.22. The number of hydrogen-bond acceptors (Lipinski definition) is 3. The van der Waals surface area contributed by atoms with Crippen LogP contribution < -0.4 is 5.73 Å². The quantitative estimate of drug-likeness (QED) is 0.820. The van der Waals surface area contributed by atoms with Crippen LogP contribution in [0.2, 0.25) is 0 Å². The Labute approximate surface area is 125 Å². The summed E-state index contributed by atoms with van der Waals surface area (Å²) >= 11 is 0. The zero-order valence-corrected chi connectivity index (χ0v) is 14.4. The molecule has 0 aromatic rings. The molecule has 0 aromatic carbocycles. The Kier molecular flexibility index (Phi) is 6.05. The fourth-order valence-electron chi connectivity index (χ4n) is 3.14. The molecule has 120 valence electrons. The third-order valence-electron chi connectivity index (χ3n) is 4.43. The number of hydrogen-bond donors (Lipinski definition) is 1. The summed E-state index contributed by atoms with van der Waals surface area (Å²) in [5.41, 5.74) is 5.69. The normalized spacial score (nSPS) is 20.3. The van der Waals surface area contributed by atoms with E-state index >= 15 is 0 Å². The molecule has 0 spiro atoms. The molecule has 0 bridgehead atoms. The van der Waals surface area contributed by atoms with E-state index in [1.807, 2.05) is 6.92 Å². The van der Waals surface area contributed by atoms with Crippen LogP contribution in [-0.2, 0) is 10.0 Å². The van der Waals surface area contributed by atoms with Crippen molar-refractivity contribution in [3.8, 4) is 0 Å². The van der Waals surface area contributed by atoms with E-state index in [9.17, 15) is 8.42 Å². The molecule has 1 rings (SSSR count). The maximum absolute atomic E-state index is 12.7. The second-order valence-electron chi connectivity index (χ2n) is 7.28. The number of rotatable bonds is 6. The van der Waals surface area contributed by atoms with Crippen molar-refractivity contribution in [1.29, 1.82) is 0 Å². The number of sulfonamides is 1. The highest BCUT2D eigenvalue weighted by atomic mass is 32.2. The molecule has 0 unspecified atom stereocenters. The summed E-state index contributed by atoms with van der Waals surface area (Å²) in [5, 5.41) is 0. The molecule has 1 aliphatic carbocycles. The van der Waals surface area contributed by atoms with E-state index in [1.165, 1.54) is 6.42 Å². The molecule has 1 fully saturated rings. The number of likely N-dealkylation sites (N-methyl/N-ethyl adjacent to an activating group) is 1. The van der Waals surface area contributed by atoms with Gasteiger partial charge in [-0.15, -0.1) is 0 Å². The zero-order chi connectivity index (χ0) is 15.4. The highest BCUT2D eigenvalue weighted by Gasteiger charge is 2.42. The lowest BCUT2D eigenvalue weighted by Gasteiger charge is -2.44. The molecule has 2 N–H and O–H groups in total. The molecule has 0 atom stereocenters. The minimum absolute atomic E-state index is 0.0366. The van der Waals surface area contributed by atoms with Gasteiger partial charge in [0.05, 0.1) is 5.75 Å². The monoisotopic (exact) mass is 304 g/mol. The molecule has 1 saturated carbocycles. The first kappa shape index (κ1) is 17.9. The van der Waals surface area contributed by atoms with Gasteiger partial charge in [0, 0.05) is 18.6 Å². The Balaban J connectivity index is 2.92. The summed E-state index contributed by atoms with van der Waals surface area (Å²) in [7, 11) is -3.22. The predicted molar refractivity (Wildman–Crippen MR) is 85.1 cm³/mol. The Morgan fingerprint density at radius 2 is 1.70 bits per heavy atom. The molecule has 0 radical (unpaired) electrons. The summed E-state index contributed by atoms with van der Waals surface area (Å²) in [6.07, 6.45) is 5.87. The van der Waals surface area contributed by atoms with Crippen molar-refractivity contribution in [3.05, 3.63) is 0 Å². The summed E-state index contributed by atoms with van der Waals surface area (Å²) in [6.45, 7) is 9.15. The molecule has 20 heavy (non-hydrogen) atoms. The minimum Gasteiger partial charge on any atom is -0.329 e. The largest absolute Gasteiger partial charge is 0.329 e. The van der Waals surface area contributed by atoms with Gasteiger partial charge in [0.15, 0.2) is 0 Å². The highest BCUT2D eigenvalue weighted by molar-refractivity contribution is 7.89. The van der Waals surface area contributed by atoms with Crippen molar-refractivity contribution in [2.75, 3.05) is 18.8 Å². The van der Waals surface area contributed by atoms with Gasteiger partial charge in [-0.2, -0.15) is 4.31 Å². The molecule has 0 aromatic heterocycles. The molecular formula is C15H32N2O2S. The third-order valence-corrected chi connectivity index (χ3v) is 6.46. The third kappa shape index (κ3) is 4.43. The molecule has 5 heteroatoms. The van der Waals surface area contributed by atoms with E-state index in [0.29, 0.717) is 19.5 Å². The standard InChI is InChI=1S/C15H32N2O2S/c1-5-17(15(13-16)9-7-6-8-10-15)20(18,19)12-11-14(2,3)4/h5-13,16H2,1-4H3. The van der Waals surface area contributed by atoms with Crippen LogP contribution in [0.25, 0.3) is 0 Å². The molecule has 4 nitrogen and oxygen atoms in total. The van der Waals surface area contributed by atoms with Gasteiger partial charge in [-0.25, -0.2) is 8.42 Å². The van der Waals surface area contributed by atoms with Crippen LogP contribution in [0.3, 0.4) is 0 Å². The summed E-state index contributed by atoms with van der Waals surface area (Å²) < 4.78 is 27.2. The van der Waals surface area contributed by atoms with Crippen molar-refractivity contribution in [1.82, 2.24) is 4.31 Å². The summed E-state index contributed by atoms with van der Waals surface area (Å²) in [6, 6.07) is 0. The van der Waals surface area contributed by atoms with Crippen LogP contribution in [0.5, 0.6) is 0 Å². The first-order chi connectivity index (χ1) is 9.17. The van der Waals surface area contributed by atoms with Crippen molar-refractivity contribution >= 4 is 10.0 Å². The topological polar surface area (TPSA) is 63.4 Å². The average molecular weight is 305 g/mol. The lowest BCUT2D eigenvalue weighted by atomic mass is 9.81. The van der Waals surface area contributed by atoms with Crippen LogP contribution in [0.4, 0.5) is 0 Å². The number of nitrogens with two attached hydrogens (primary N) is 1. The molecule has 0 heterocycles. The maximum Gasteiger partial charge on any atom is 0.214 e. The van der Waals surface area contributed by atoms with E-state index in [4.69, 9.17) is 5.73 Å². The van der Waals surface area contributed by atoms with Crippen molar-refractivity contribution < 1.29 is 8.42 Å². The molecule has 0 amide bonds. The Morgan fingerprint density at radius 3 is 2.10 bits per heavy atom. The van der Waals surface area contributed by atoms with Crippen LogP contribution in [0, 0.1) is 5.41 Å². The van der Waals surface area contributed by atoms with Gasteiger partial charge >= 0.3 is 0 Å². The zero-order valence-electron chi connectivity index (χ0n) is 13.6. The van der Waals surface area contributed by atoms with Gasteiger partial charge in [0.2, 0.25) is 10.0 Å². The van der Waals surface area contributed by atoms with E-state index in [2.05, 4.69) is 20.8 Å². The van der Waals surface area contributed by atoms with E-state index in [-0.39, 0.29) is 16.7 Å². The van der Waals surface area contributed by atoms with Gasteiger partial charge in [-0.1, -0.05) is 47.0 Å². The van der Waals surface area contributed by atoms with Crippen LogP contribution in [0.15, 0.2) is 0 Å². The van der Waals surface area contributed by atoms with E-state index in [0.717, 1.165) is 25.7 Å². The Bertz CT molecular complexity index is 393. The number of nitrogens with zero attached hydrogens (tertiary/aromatic N) is 1. The maximum atomic E-state index is 12.7. The smallest absolute Gasteiger partial charge is 0.214 e.